The molecule has 1 fully saturated rings. The van der Waals surface area contributed by atoms with Gasteiger partial charge in [-0.3, -0.25) is 9.59 Å². The fourth-order valence-electron chi connectivity index (χ4n) is 3.12. The Labute approximate surface area is 183 Å². The van der Waals surface area contributed by atoms with Crippen LogP contribution in [0, 0.1) is 5.92 Å². The standard InChI is InChI=1S/C22H33N5O4/c1-16(2)13-18(25-22(30)31-15-17-7-5-4-6-8-17)21(29)24-19(20(23)28)14-27-11-9-26(3)10-12-27/h4-8,14,16,18H,9-13,15H2,1-3H3,(H2,23,28)(H,24,29)(H,25,30)/t18-/m0/s1. The number of likely N-dealkylation sites (N-methyl/N-ethyl adjacent to an activating group) is 1. The molecule has 2 rings (SSSR count). The SMILES string of the molecule is CC(C)C[C@H](NC(=O)OCc1ccccc1)C(=O)NC(=CN1CCN(C)CC1)C(N)=O. The summed E-state index contributed by atoms with van der Waals surface area (Å²) in [6.45, 7) is 7.12. The van der Waals surface area contributed by atoms with Crippen LogP contribution in [-0.2, 0) is 20.9 Å². The second-order valence-corrected chi connectivity index (χ2v) is 8.12. The van der Waals surface area contributed by atoms with Crippen molar-refractivity contribution in [2.24, 2.45) is 11.7 Å². The van der Waals surface area contributed by atoms with Crippen LogP contribution < -0.4 is 16.4 Å². The number of nitrogens with zero attached hydrogens (tertiary/aromatic N) is 2. The second-order valence-electron chi connectivity index (χ2n) is 8.12. The van der Waals surface area contributed by atoms with Crippen LogP contribution in [0.15, 0.2) is 42.2 Å². The molecule has 0 aromatic heterocycles. The van der Waals surface area contributed by atoms with Gasteiger partial charge in [0.05, 0.1) is 0 Å². The van der Waals surface area contributed by atoms with Gasteiger partial charge in [0.2, 0.25) is 5.91 Å². The van der Waals surface area contributed by atoms with E-state index in [1.807, 2.05) is 56.1 Å². The number of ether oxygens (including phenoxy) is 1. The number of alkyl carbamates (subject to hydrolysis) is 1. The number of carbonyl (C=O) groups excluding carboxylic acids is 3. The van der Waals surface area contributed by atoms with E-state index < -0.39 is 23.9 Å². The number of nitrogens with two attached hydrogens (primary N) is 1. The number of hydrogen-bond donors (Lipinski definition) is 3. The highest BCUT2D eigenvalue weighted by atomic mass is 16.5. The van der Waals surface area contributed by atoms with Gasteiger partial charge in [-0.25, -0.2) is 4.79 Å². The van der Waals surface area contributed by atoms with Gasteiger partial charge in [0.25, 0.3) is 5.91 Å². The largest absolute Gasteiger partial charge is 0.445 e. The molecule has 1 heterocycles. The number of carbonyl (C=O) groups is 3. The van der Waals surface area contributed by atoms with Crippen molar-refractivity contribution in [3.05, 3.63) is 47.8 Å². The van der Waals surface area contributed by atoms with Crippen molar-refractivity contribution in [2.45, 2.75) is 32.9 Å². The topological polar surface area (TPSA) is 117 Å². The van der Waals surface area contributed by atoms with Gasteiger partial charge >= 0.3 is 6.09 Å². The van der Waals surface area contributed by atoms with Crippen LogP contribution in [0.25, 0.3) is 0 Å². The van der Waals surface area contributed by atoms with E-state index in [0.717, 1.165) is 31.7 Å². The molecule has 0 radical (unpaired) electrons. The van der Waals surface area contributed by atoms with Gasteiger partial charge < -0.3 is 30.9 Å². The van der Waals surface area contributed by atoms with E-state index >= 15 is 0 Å². The summed E-state index contributed by atoms with van der Waals surface area (Å²) in [6, 6.07) is 8.40. The molecule has 0 bridgehead atoms. The van der Waals surface area contributed by atoms with Crippen LogP contribution in [0.1, 0.15) is 25.8 Å². The van der Waals surface area contributed by atoms with Crippen molar-refractivity contribution >= 4 is 17.9 Å². The van der Waals surface area contributed by atoms with Crippen LogP contribution in [0.3, 0.4) is 0 Å². The average molecular weight is 432 g/mol. The lowest BCUT2D eigenvalue weighted by molar-refractivity contribution is -0.124. The number of piperazine rings is 1. The Morgan fingerprint density at radius 3 is 2.35 bits per heavy atom. The zero-order valence-corrected chi connectivity index (χ0v) is 18.5. The molecule has 4 N–H and O–H groups in total. The molecule has 0 saturated carbocycles. The maximum absolute atomic E-state index is 12.8. The summed E-state index contributed by atoms with van der Waals surface area (Å²) in [7, 11) is 2.02. The maximum atomic E-state index is 12.8. The first-order valence-corrected chi connectivity index (χ1v) is 10.5. The third kappa shape index (κ3) is 8.67. The molecule has 0 unspecified atom stereocenters. The quantitative estimate of drug-likeness (QED) is 0.503. The van der Waals surface area contributed by atoms with Crippen molar-refractivity contribution in [3.8, 4) is 0 Å². The first-order chi connectivity index (χ1) is 14.7. The summed E-state index contributed by atoms with van der Waals surface area (Å²) in [5, 5.41) is 5.18. The van der Waals surface area contributed by atoms with E-state index in [0.29, 0.717) is 6.42 Å². The second kappa shape index (κ2) is 11.9. The van der Waals surface area contributed by atoms with Crippen molar-refractivity contribution in [1.29, 1.82) is 0 Å². The van der Waals surface area contributed by atoms with Crippen LogP contribution >= 0.6 is 0 Å². The van der Waals surface area contributed by atoms with E-state index in [1.54, 1.807) is 6.20 Å². The zero-order valence-electron chi connectivity index (χ0n) is 18.5. The van der Waals surface area contributed by atoms with Gasteiger partial charge in [-0.15, -0.1) is 0 Å². The molecule has 0 spiro atoms. The average Bonchev–Trinajstić information content (AvgIpc) is 2.73. The van der Waals surface area contributed by atoms with Crippen LogP contribution in [0.4, 0.5) is 4.79 Å². The van der Waals surface area contributed by atoms with Crippen LogP contribution in [0.2, 0.25) is 0 Å². The Balaban J connectivity index is 1.99. The molecule has 1 aliphatic rings. The normalized spacial score (nSPS) is 16.0. The van der Waals surface area contributed by atoms with Gasteiger partial charge in [0, 0.05) is 32.4 Å². The number of amides is 3. The Kier molecular flexibility index (Phi) is 9.33. The summed E-state index contributed by atoms with van der Waals surface area (Å²) in [5.74, 6) is -1.12. The molecule has 1 saturated heterocycles. The summed E-state index contributed by atoms with van der Waals surface area (Å²) >= 11 is 0. The monoisotopic (exact) mass is 431 g/mol. The molecule has 0 aliphatic carbocycles. The van der Waals surface area contributed by atoms with Crippen LogP contribution in [0.5, 0.6) is 0 Å². The van der Waals surface area contributed by atoms with Gasteiger partial charge in [0.15, 0.2) is 0 Å². The molecular weight excluding hydrogens is 398 g/mol. The highest BCUT2D eigenvalue weighted by Crippen LogP contribution is 2.08. The number of benzene rings is 1. The molecule has 1 aromatic rings. The molecule has 31 heavy (non-hydrogen) atoms. The minimum Gasteiger partial charge on any atom is -0.445 e. The fourth-order valence-corrected chi connectivity index (χ4v) is 3.12. The molecular formula is C22H33N5O4. The third-order valence-electron chi connectivity index (χ3n) is 4.90. The Morgan fingerprint density at radius 1 is 1.13 bits per heavy atom. The van der Waals surface area contributed by atoms with Crippen LogP contribution in [-0.4, -0.2) is 67.0 Å². The zero-order chi connectivity index (χ0) is 22.8. The first-order valence-electron chi connectivity index (χ1n) is 10.5. The number of rotatable bonds is 9. The molecule has 3 amide bonds. The molecule has 170 valence electrons. The van der Waals surface area contributed by atoms with E-state index in [1.165, 1.54) is 0 Å². The Bertz CT molecular complexity index is 773. The lowest BCUT2D eigenvalue weighted by Crippen LogP contribution is -2.49. The number of primary amides is 1. The minimum atomic E-state index is -0.862. The van der Waals surface area contributed by atoms with Gasteiger partial charge in [-0.05, 0) is 24.9 Å². The van der Waals surface area contributed by atoms with Crippen molar-refractivity contribution in [1.82, 2.24) is 20.4 Å². The van der Waals surface area contributed by atoms with Crippen molar-refractivity contribution in [3.63, 3.8) is 0 Å². The lowest BCUT2D eigenvalue weighted by Gasteiger charge is -2.32. The molecule has 9 nitrogen and oxygen atoms in total. The van der Waals surface area contributed by atoms with E-state index in [4.69, 9.17) is 10.5 Å². The van der Waals surface area contributed by atoms with Gasteiger partial charge in [-0.2, -0.15) is 0 Å². The highest BCUT2D eigenvalue weighted by molar-refractivity contribution is 5.98. The molecule has 1 atom stereocenters. The highest BCUT2D eigenvalue weighted by Gasteiger charge is 2.25. The lowest BCUT2D eigenvalue weighted by atomic mass is 10.0. The van der Waals surface area contributed by atoms with E-state index in [9.17, 15) is 14.4 Å². The Morgan fingerprint density at radius 2 is 1.77 bits per heavy atom. The predicted molar refractivity (Wildman–Crippen MR) is 117 cm³/mol. The Hall–Kier alpha value is -3.07. The summed E-state index contributed by atoms with van der Waals surface area (Å²) in [6.07, 6.45) is 1.26. The smallest absolute Gasteiger partial charge is 0.408 e. The van der Waals surface area contributed by atoms with Gasteiger partial charge in [0.1, 0.15) is 18.3 Å². The fraction of sp³-hybridized carbons (Fsp3) is 0.500. The van der Waals surface area contributed by atoms with Crippen molar-refractivity contribution in [2.75, 3.05) is 33.2 Å². The van der Waals surface area contributed by atoms with E-state index in [-0.39, 0.29) is 18.2 Å². The molecule has 1 aromatic carbocycles. The summed E-state index contributed by atoms with van der Waals surface area (Å²) < 4.78 is 5.23. The van der Waals surface area contributed by atoms with Crippen molar-refractivity contribution < 1.29 is 19.1 Å². The van der Waals surface area contributed by atoms with Gasteiger partial charge in [-0.1, -0.05) is 44.2 Å². The number of nitrogens with one attached hydrogen (secondary N) is 2. The minimum absolute atomic E-state index is 0.00256. The third-order valence-corrected chi connectivity index (χ3v) is 4.90. The molecule has 9 heteroatoms. The summed E-state index contributed by atoms with van der Waals surface area (Å²) in [4.78, 5) is 41.1. The maximum Gasteiger partial charge on any atom is 0.408 e. The molecule has 1 aliphatic heterocycles. The summed E-state index contributed by atoms with van der Waals surface area (Å²) in [5.41, 5.74) is 6.32. The number of hydrogen-bond acceptors (Lipinski definition) is 6. The van der Waals surface area contributed by atoms with E-state index in [2.05, 4.69) is 15.5 Å². The first kappa shape index (κ1) is 24.2. The predicted octanol–water partition coefficient (Wildman–Crippen LogP) is 1.02.